The monoisotopic (exact) mass is 504 g/mol. The van der Waals surface area contributed by atoms with E-state index in [4.69, 9.17) is 11.6 Å². The Morgan fingerprint density at radius 3 is 2.45 bits per heavy atom. The number of thioether (sulfide) groups is 1. The first-order valence-corrected chi connectivity index (χ1v) is 11.5. The molecule has 1 aromatic carbocycles. The molecule has 0 radical (unpaired) electrons. The second-order valence-electron chi connectivity index (χ2n) is 8.30. The largest absolute Gasteiger partial charge is 0.458 e. The lowest BCUT2D eigenvalue weighted by atomic mass is 10.0. The van der Waals surface area contributed by atoms with E-state index in [2.05, 4.69) is 15.1 Å². The van der Waals surface area contributed by atoms with Crippen LogP contribution in [-0.4, -0.2) is 31.0 Å². The molecule has 176 valence electrons. The number of aromatic nitrogens is 4. The van der Waals surface area contributed by atoms with Crippen molar-refractivity contribution in [3.05, 3.63) is 46.9 Å². The van der Waals surface area contributed by atoms with Crippen molar-refractivity contribution in [2.45, 2.75) is 53.8 Å². The zero-order valence-electron chi connectivity index (χ0n) is 17.2. The fourth-order valence-corrected chi connectivity index (χ4v) is 5.24. The van der Waals surface area contributed by atoms with Gasteiger partial charge in [-0.1, -0.05) is 17.7 Å². The van der Waals surface area contributed by atoms with Crippen LogP contribution in [0.5, 0.6) is 0 Å². The van der Waals surface area contributed by atoms with Gasteiger partial charge in [-0.3, -0.25) is 0 Å². The Labute approximate surface area is 194 Å². The van der Waals surface area contributed by atoms with Gasteiger partial charge in [-0.05, 0) is 59.4 Å². The first-order valence-electron chi connectivity index (χ1n) is 10.3. The van der Waals surface area contributed by atoms with Crippen LogP contribution < -0.4 is 0 Å². The highest BCUT2D eigenvalue weighted by molar-refractivity contribution is 8.00. The predicted molar refractivity (Wildman–Crippen MR) is 113 cm³/mol. The van der Waals surface area contributed by atoms with Crippen molar-refractivity contribution in [2.75, 3.05) is 0 Å². The number of rotatable bonds is 7. The third-order valence-corrected chi connectivity index (χ3v) is 7.47. The van der Waals surface area contributed by atoms with Crippen molar-refractivity contribution in [1.29, 1.82) is 0 Å². The summed E-state index contributed by atoms with van der Waals surface area (Å²) >= 11 is 7.32. The highest BCUT2D eigenvalue weighted by atomic mass is 35.5. The molecule has 0 amide bonds. The minimum Gasteiger partial charge on any atom is -0.249 e. The lowest BCUT2D eigenvalue weighted by Gasteiger charge is -2.22. The molecule has 2 aliphatic rings. The van der Waals surface area contributed by atoms with E-state index >= 15 is 0 Å². The fraction of sp³-hybridized carbons (Fsp3) is 0.429. The molecule has 0 N–H and O–H groups in total. The van der Waals surface area contributed by atoms with E-state index < -0.39 is 17.7 Å². The van der Waals surface area contributed by atoms with Crippen molar-refractivity contribution in [1.82, 2.24) is 19.6 Å². The number of benzene rings is 1. The molecule has 0 spiro atoms. The summed E-state index contributed by atoms with van der Waals surface area (Å²) in [4.78, 5) is 2.67. The van der Waals surface area contributed by atoms with E-state index in [0.717, 1.165) is 53.3 Å². The van der Waals surface area contributed by atoms with Gasteiger partial charge in [0.15, 0.2) is 11.5 Å². The summed E-state index contributed by atoms with van der Waals surface area (Å²) in [5.74, 6) is -4.17. The lowest BCUT2D eigenvalue weighted by molar-refractivity contribution is -0.413. The third-order valence-electron chi connectivity index (χ3n) is 5.71. The van der Waals surface area contributed by atoms with Gasteiger partial charge in [0, 0.05) is 29.1 Å². The Morgan fingerprint density at radius 1 is 1.12 bits per heavy atom. The summed E-state index contributed by atoms with van der Waals surface area (Å²) < 4.78 is 70.3. The number of alkyl halides is 4. The second kappa shape index (κ2) is 7.99. The Hall–Kier alpha value is -2.11. The van der Waals surface area contributed by atoms with Crippen LogP contribution in [0.3, 0.4) is 0 Å². The lowest BCUT2D eigenvalue weighted by Crippen LogP contribution is -2.40. The quantitative estimate of drug-likeness (QED) is 0.338. The Morgan fingerprint density at radius 2 is 1.85 bits per heavy atom. The molecule has 0 aliphatic heterocycles. The molecule has 1 atom stereocenters. The molecular formula is C21H18ClF5N4OS. The molecule has 33 heavy (non-hydrogen) atoms. The first-order chi connectivity index (χ1) is 15.6. The van der Waals surface area contributed by atoms with Gasteiger partial charge in [0.05, 0.1) is 11.1 Å². The van der Waals surface area contributed by atoms with Gasteiger partial charge in [-0.25, -0.2) is 9.36 Å². The smallest absolute Gasteiger partial charge is 0.249 e. The van der Waals surface area contributed by atoms with Crippen molar-refractivity contribution in [3.8, 4) is 16.9 Å². The van der Waals surface area contributed by atoms with Crippen molar-refractivity contribution in [3.63, 3.8) is 0 Å². The van der Waals surface area contributed by atoms with E-state index in [1.807, 2.05) is 12.1 Å². The number of hydrogen-bond donors (Lipinski definition) is 0. The molecule has 12 heteroatoms. The third kappa shape index (κ3) is 4.04. The van der Waals surface area contributed by atoms with E-state index in [-0.39, 0.29) is 16.0 Å². The van der Waals surface area contributed by atoms with Gasteiger partial charge in [-0.15, -0.1) is 16.7 Å². The molecule has 3 aromatic rings. The Bertz CT molecular complexity index is 1200. The minimum atomic E-state index is -5.66. The second-order valence-corrected chi connectivity index (χ2v) is 10.0. The molecule has 1 unspecified atom stereocenters. The Kier molecular flexibility index (Phi) is 5.49. The van der Waals surface area contributed by atoms with Gasteiger partial charge < -0.3 is 0 Å². The number of hydrogen-bond acceptors (Lipinski definition) is 4. The summed E-state index contributed by atoms with van der Waals surface area (Å²) in [6, 6.07) is 5.61. The van der Waals surface area contributed by atoms with Crippen LogP contribution in [0.1, 0.15) is 42.9 Å². The van der Waals surface area contributed by atoms with Crippen LogP contribution in [0.25, 0.3) is 16.9 Å². The SMILES string of the molecule is Cn1nc(C(F)(OF)C(F)(F)F)c(SC2CC2)c1-n1cc(-c2ccc(Cl)c(C3CC3)c2)cn1. The van der Waals surface area contributed by atoms with Gasteiger partial charge in [0.25, 0.3) is 0 Å². The van der Waals surface area contributed by atoms with Gasteiger partial charge >= 0.3 is 12.0 Å². The highest BCUT2D eigenvalue weighted by Gasteiger charge is 2.64. The molecule has 5 nitrogen and oxygen atoms in total. The van der Waals surface area contributed by atoms with Crippen LogP contribution in [0.2, 0.25) is 5.02 Å². The van der Waals surface area contributed by atoms with Gasteiger partial charge in [0.1, 0.15) is 0 Å². The van der Waals surface area contributed by atoms with Crippen LogP contribution in [-0.2, 0) is 17.8 Å². The van der Waals surface area contributed by atoms with E-state index in [1.54, 1.807) is 18.5 Å². The van der Waals surface area contributed by atoms with Gasteiger partial charge in [0.2, 0.25) is 0 Å². The molecule has 0 saturated heterocycles. The van der Waals surface area contributed by atoms with E-state index in [1.165, 1.54) is 11.7 Å². The molecule has 2 heterocycles. The zero-order valence-corrected chi connectivity index (χ0v) is 18.8. The maximum absolute atomic E-state index is 14.8. The maximum Gasteiger partial charge on any atom is 0.458 e. The maximum atomic E-state index is 14.8. The van der Waals surface area contributed by atoms with E-state index in [9.17, 15) is 22.1 Å². The number of aryl methyl sites for hydroxylation is 1. The summed E-state index contributed by atoms with van der Waals surface area (Å²) in [5, 5.41) is 8.62. The molecule has 2 aromatic heterocycles. The summed E-state index contributed by atoms with van der Waals surface area (Å²) in [7, 11) is 1.35. The molecule has 0 bridgehead atoms. The highest BCUT2D eigenvalue weighted by Crippen LogP contribution is 2.51. The van der Waals surface area contributed by atoms with Crippen LogP contribution >= 0.6 is 23.4 Å². The zero-order chi connectivity index (χ0) is 23.5. The number of halogens is 6. The van der Waals surface area contributed by atoms with Crippen LogP contribution in [0.15, 0.2) is 35.5 Å². The summed E-state index contributed by atoms with van der Waals surface area (Å²) in [5.41, 5.74) is 1.41. The first kappa shape index (κ1) is 22.7. The van der Waals surface area contributed by atoms with Crippen molar-refractivity contribution >= 4 is 23.4 Å². The average Bonchev–Trinajstić information content (AvgIpc) is 3.68. The standard InChI is InChI=1S/C21H18ClF5N4OS/c1-30-19(17(33-14-5-6-14)18(29-30)20(23,32-27)21(24,25)26)31-10-13(9-28-31)12-4-7-16(22)15(8-12)11-2-3-11/h4,7-11,14H,2-3,5-6H2,1H3. The molecule has 5 rings (SSSR count). The topological polar surface area (TPSA) is 44.9 Å². The molecule has 2 saturated carbocycles. The molecule has 2 fully saturated rings. The molecular weight excluding hydrogens is 487 g/mol. The minimum absolute atomic E-state index is 0.0174. The summed E-state index contributed by atoms with van der Waals surface area (Å²) in [6.45, 7) is 0. The summed E-state index contributed by atoms with van der Waals surface area (Å²) in [6.07, 6.45) is 1.14. The van der Waals surface area contributed by atoms with Crippen LogP contribution in [0.4, 0.5) is 22.1 Å². The van der Waals surface area contributed by atoms with Crippen molar-refractivity contribution < 1.29 is 27.0 Å². The fourth-order valence-electron chi connectivity index (χ4n) is 3.65. The molecule has 2 aliphatic carbocycles. The van der Waals surface area contributed by atoms with E-state index in [0.29, 0.717) is 16.5 Å². The number of nitrogens with zero attached hydrogens (tertiary/aromatic N) is 4. The average molecular weight is 505 g/mol. The normalized spacial score (nSPS) is 18.5. The Balaban J connectivity index is 1.58. The van der Waals surface area contributed by atoms with Crippen LogP contribution in [0, 0.1) is 0 Å². The van der Waals surface area contributed by atoms with Gasteiger partial charge in [-0.2, -0.15) is 27.8 Å². The van der Waals surface area contributed by atoms with Crippen molar-refractivity contribution in [2.24, 2.45) is 7.05 Å². The predicted octanol–water partition coefficient (Wildman–Crippen LogP) is 6.64.